The number of benzene rings is 1. The SMILES string of the molecule is C=C1NC2(C)CCN(CC2)c2cc(NSC3CC3)ccc2-c2nnc(o2)-c2ccnc(c2)N2CCCC1C2. The number of rotatable bonds is 3. The molecule has 3 aromatic rings. The van der Waals surface area contributed by atoms with Crippen LogP contribution in [0.1, 0.15) is 45.4 Å². The van der Waals surface area contributed by atoms with Gasteiger partial charge in [0.05, 0.1) is 11.3 Å². The Hall–Kier alpha value is -3.20. The summed E-state index contributed by atoms with van der Waals surface area (Å²) in [5.41, 5.74) is 5.32. The average Bonchev–Trinajstić information content (AvgIpc) is 3.65. The van der Waals surface area contributed by atoms with Crippen molar-refractivity contribution in [1.29, 1.82) is 0 Å². The Morgan fingerprint density at radius 2 is 1.89 bits per heavy atom. The van der Waals surface area contributed by atoms with Gasteiger partial charge in [-0.3, -0.25) is 0 Å². The van der Waals surface area contributed by atoms with Crippen molar-refractivity contribution in [2.75, 3.05) is 40.7 Å². The summed E-state index contributed by atoms with van der Waals surface area (Å²) in [5, 5.41) is 13.6. The van der Waals surface area contributed by atoms with Gasteiger partial charge in [-0.05, 0) is 87.7 Å². The Morgan fingerprint density at radius 3 is 2.74 bits per heavy atom. The fraction of sp³-hybridized carbons (Fsp3) is 0.483. The number of pyridine rings is 1. The number of anilines is 3. The molecule has 8 nitrogen and oxygen atoms in total. The van der Waals surface area contributed by atoms with Crippen LogP contribution < -0.4 is 19.8 Å². The summed E-state index contributed by atoms with van der Waals surface area (Å²) in [6, 6.07) is 10.5. The van der Waals surface area contributed by atoms with E-state index in [1.165, 1.54) is 12.8 Å². The van der Waals surface area contributed by atoms with E-state index in [2.05, 4.69) is 67.8 Å². The van der Waals surface area contributed by atoms with Crippen molar-refractivity contribution < 1.29 is 4.42 Å². The number of nitrogens with one attached hydrogen (secondary N) is 2. The third kappa shape index (κ3) is 4.72. The molecule has 38 heavy (non-hydrogen) atoms. The zero-order chi connectivity index (χ0) is 25.7. The largest absolute Gasteiger partial charge is 0.416 e. The van der Waals surface area contributed by atoms with Gasteiger partial charge in [-0.25, -0.2) is 4.98 Å². The van der Waals surface area contributed by atoms with Gasteiger partial charge in [0.2, 0.25) is 11.8 Å². The third-order valence-corrected chi connectivity index (χ3v) is 9.58. The van der Waals surface area contributed by atoms with Crippen molar-refractivity contribution in [3.05, 3.63) is 48.8 Å². The second-order valence-electron chi connectivity index (χ2n) is 11.4. The first kappa shape index (κ1) is 23.9. The molecule has 1 aliphatic carbocycles. The van der Waals surface area contributed by atoms with E-state index in [-0.39, 0.29) is 5.54 Å². The van der Waals surface area contributed by atoms with E-state index in [0.29, 0.717) is 17.7 Å². The quantitative estimate of drug-likeness (QED) is 0.414. The van der Waals surface area contributed by atoms with Gasteiger partial charge in [-0.2, -0.15) is 0 Å². The predicted octanol–water partition coefficient (Wildman–Crippen LogP) is 5.71. The Kier molecular flexibility index (Phi) is 5.98. The molecule has 0 spiro atoms. The van der Waals surface area contributed by atoms with Crippen molar-refractivity contribution in [1.82, 2.24) is 20.5 Å². The van der Waals surface area contributed by atoms with E-state index >= 15 is 0 Å². The van der Waals surface area contributed by atoms with Gasteiger partial charge in [-0.15, -0.1) is 10.2 Å². The normalized spacial score (nSPS) is 25.0. The first-order valence-electron chi connectivity index (χ1n) is 13.9. The molecule has 8 bridgehead atoms. The van der Waals surface area contributed by atoms with Gasteiger partial charge in [-0.1, -0.05) is 6.58 Å². The number of piperidine rings is 2. The van der Waals surface area contributed by atoms with Crippen LogP contribution >= 0.6 is 11.9 Å². The molecule has 0 radical (unpaired) electrons. The molecular formula is C29H35N7OS. The molecule has 2 N–H and O–H groups in total. The molecule has 3 fully saturated rings. The van der Waals surface area contributed by atoms with Crippen LogP contribution in [0.3, 0.4) is 0 Å². The first-order valence-corrected chi connectivity index (χ1v) is 14.7. The molecule has 5 aliphatic rings. The molecule has 198 valence electrons. The van der Waals surface area contributed by atoms with Crippen LogP contribution in [0.5, 0.6) is 0 Å². The maximum atomic E-state index is 6.32. The van der Waals surface area contributed by atoms with Gasteiger partial charge in [0, 0.05) is 66.0 Å². The van der Waals surface area contributed by atoms with E-state index in [1.807, 2.05) is 24.2 Å². The molecule has 8 rings (SSSR count). The smallest absolute Gasteiger partial charge is 0.250 e. The monoisotopic (exact) mass is 529 g/mol. The molecule has 1 atom stereocenters. The van der Waals surface area contributed by atoms with Crippen LogP contribution in [-0.4, -0.2) is 52.1 Å². The number of nitrogens with zero attached hydrogens (tertiary/aromatic N) is 5. The summed E-state index contributed by atoms with van der Waals surface area (Å²) in [6.07, 6.45) is 8.78. The van der Waals surface area contributed by atoms with Crippen LogP contribution in [0.2, 0.25) is 0 Å². The standard InChI is InChI=1S/C29H35N7OS/c1-19-21-4-3-13-36(18-21)26-16-20(9-12-30-26)27-32-33-28(37-27)24-8-5-22(34-38-23-6-7-23)17-25(24)35-14-10-29(2,31-19)11-15-35/h5,8-9,12,16-17,21,23,31,34H,1,3-4,6-7,10-11,13-15,18H2,2H3. The van der Waals surface area contributed by atoms with E-state index < -0.39 is 0 Å². The van der Waals surface area contributed by atoms with Crippen LogP contribution in [0.15, 0.2) is 53.2 Å². The molecule has 9 heteroatoms. The number of hydrogen-bond donors (Lipinski definition) is 2. The maximum Gasteiger partial charge on any atom is 0.250 e. The zero-order valence-electron chi connectivity index (χ0n) is 21.9. The Labute approximate surface area is 228 Å². The van der Waals surface area contributed by atoms with E-state index in [0.717, 1.165) is 91.1 Å². The van der Waals surface area contributed by atoms with Gasteiger partial charge in [0.25, 0.3) is 0 Å². The molecule has 6 heterocycles. The minimum absolute atomic E-state index is 0.0253. The Balaban J connectivity index is 1.29. The van der Waals surface area contributed by atoms with Gasteiger partial charge in [0.15, 0.2) is 0 Å². The summed E-state index contributed by atoms with van der Waals surface area (Å²) in [7, 11) is 0. The van der Waals surface area contributed by atoms with Crippen molar-refractivity contribution >= 4 is 29.1 Å². The second-order valence-corrected chi connectivity index (χ2v) is 12.6. The van der Waals surface area contributed by atoms with E-state index in [1.54, 1.807) is 0 Å². The van der Waals surface area contributed by atoms with Gasteiger partial charge >= 0.3 is 0 Å². The topological polar surface area (TPSA) is 82.3 Å². The summed E-state index contributed by atoms with van der Waals surface area (Å²) in [4.78, 5) is 9.54. The minimum Gasteiger partial charge on any atom is -0.416 e. The minimum atomic E-state index is 0.0253. The zero-order valence-corrected chi connectivity index (χ0v) is 22.8. The third-order valence-electron chi connectivity index (χ3n) is 8.42. The highest BCUT2D eigenvalue weighted by molar-refractivity contribution is 8.01. The number of hydrogen-bond acceptors (Lipinski definition) is 9. The molecular weight excluding hydrogens is 494 g/mol. The van der Waals surface area contributed by atoms with Crippen molar-refractivity contribution in [3.63, 3.8) is 0 Å². The van der Waals surface area contributed by atoms with Crippen LogP contribution in [0.25, 0.3) is 22.9 Å². The molecule has 1 aromatic carbocycles. The molecule has 1 unspecified atom stereocenters. The van der Waals surface area contributed by atoms with Crippen LogP contribution in [-0.2, 0) is 0 Å². The number of fused-ring (bicyclic) bond motifs is 3. The van der Waals surface area contributed by atoms with Crippen molar-refractivity contribution in [2.45, 2.75) is 56.2 Å². The lowest BCUT2D eigenvalue weighted by molar-refractivity contribution is 0.289. The highest BCUT2D eigenvalue weighted by atomic mass is 32.2. The highest BCUT2D eigenvalue weighted by Gasteiger charge is 2.34. The Bertz CT molecular complexity index is 1340. The molecule has 2 aromatic heterocycles. The lowest BCUT2D eigenvalue weighted by atomic mass is 9.86. The van der Waals surface area contributed by atoms with E-state index in [9.17, 15) is 0 Å². The lowest BCUT2D eigenvalue weighted by Gasteiger charge is -2.44. The maximum absolute atomic E-state index is 6.32. The second kappa shape index (κ2) is 9.52. The molecule has 1 saturated carbocycles. The van der Waals surface area contributed by atoms with Crippen LogP contribution in [0, 0.1) is 5.92 Å². The Morgan fingerprint density at radius 1 is 1.05 bits per heavy atom. The lowest BCUT2D eigenvalue weighted by Crippen LogP contribution is -2.52. The summed E-state index contributed by atoms with van der Waals surface area (Å²) in [6.45, 7) is 10.7. The fourth-order valence-electron chi connectivity index (χ4n) is 5.87. The molecule has 2 saturated heterocycles. The van der Waals surface area contributed by atoms with Gasteiger partial charge in [0.1, 0.15) is 5.82 Å². The summed E-state index contributed by atoms with van der Waals surface area (Å²) >= 11 is 1.83. The predicted molar refractivity (Wildman–Crippen MR) is 154 cm³/mol. The summed E-state index contributed by atoms with van der Waals surface area (Å²) in [5.74, 6) is 2.42. The number of aromatic nitrogens is 3. The van der Waals surface area contributed by atoms with Crippen molar-refractivity contribution in [2.24, 2.45) is 5.92 Å². The highest BCUT2D eigenvalue weighted by Crippen LogP contribution is 2.40. The average molecular weight is 530 g/mol. The van der Waals surface area contributed by atoms with E-state index in [4.69, 9.17) is 9.40 Å². The molecule has 4 aliphatic heterocycles. The van der Waals surface area contributed by atoms with Gasteiger partial charge < -0.3 is 24.3 Å². The van der Waals surface area contributed by atoms with Crippen LogP contribution in [0.4, 0.5) is 17.2 Å². The first-order chi connectivity index (χ1) is 18.5. The van der Waals surface area contributed by atoms with Crippen molar-refractivity contribution in [3.8, 4) is 22.9 Å². The summed E-state index contributed by atoms with van der Waals surface area (Å²) < 4.78 is 9.89. The fourth-order valence-corrected chi connectivity index (χ4v) is 6.67. The molecule has 0 amide bonds.